The Bertz CT molecular complexity index is 1210. The molecule has 0 radical (unpaired) electrons. The summed E-state index contributed by atoms with van der Waals surface area (Å²) >= 11 is 3.42. The summed E-state index contributed by atoms with van der Waals surface area (Å²) in [6.07, 6.45) is 5.38. The number of anilines is 1. The maximum Gasteiger partial charge on any atom is 0.338 e. The quantitative estimate of drug-likeness (QED) is 0.234. The van der Waals surface area contributed by atoms with Crippen molar-refractivity contribution in [3.8, 4) is 23.8 Å². The van der Waals surface area contributed by atoms with Gasteiger partial charge < -0.3 is 25.2 Å². The molecule has 1 amide bonds. The second-order valence-electron chi connectivity index (χ2n) is 7.27. The van der Waals surface area contributed by atoms with Crippen molar-refractivity contribution in [2.75, 3.05) is 19.5 Å². The van der Waals surface area contributed by atoms with Crippen molar-refractivity contribution in [1.82, 2.24) is 5.32 Å². The van der Waals surface area contributed by atoms with Crippen molar-refractivity contribution in [3.63, 3.8) is 0 Å². The number of terminal acetylenes is 1. The normalized spacial score (nSPS) is 13.0. The maximum atomic E-state index is 13.5. The molecule has 0 bridgehead atoms. The van der Waals surface area contributed by atoms with Gasteiger partial charge >= 0.3 is 5.97 Å². The minimum absolute atomic E-state index is 0.0404. The van der Waals surface area contributed by atoms with Crippen LogP contribution in [0.5, 0.6) is 11.5 Å². The average Bonchev–Trinajstić information content (AvgIpc) is 2.87. The fraction of sp³-hybridized carbons (Fsp3) is 0.154. The molecule has 8 heteroatoms. The van der Waals surface area contributed by atoms with Crippen molar-refractivity contribution in [2.24, 2.45) is 0 Å². The Morgan fingerprint density at radius 3 is 2.24 bits per heavy atom. The number of benzene rings is 3. The molecule has 0 unspecified atom stereocenters. The number of aromatic hydroxyl groups is 1. The van der Waals surface area contributed by atoms with E-state index in [-0.39, 0.29) is 5.75 Å². The molecule has 0 aromatic heterocycles. The second-order valence-corrected chi connectivity index (χ2v) is 8.19. The van der Waals surface area contributed by atoms with E-state index in [0.29, 0.717) is 22.6 Å². The molecule has 0 aliphatic carbocycles. The van der Waals surface area contributed by atoms with Crippen molar-refractivity contribution in [2.45, 2.75) is 11.6 Å². The average molecular weight is 523 g/mol. The summed E-state index contributed by atoms with van der Waals surface area (Å²) in [7, 11) is 2.74. The summed E-state index contributed by atoms with van der Waals surface area (Å²) in [6.45, 7) is 0. The zero-order valence-electron chi connectivity index (χ0n) is 18.5. The fourth-order valence-electron chi connectivity index (χ4n) is 3.68. The third kappa shape index (κ3) is 5.00. The Labute approximate surface area is 206 Å². The number of hydrogen-bond acceptors (Lipinski definition) is 6. The molecule has 0 heterocycles. The van der Waals surface area contributed by atoms with Crippen LogP contribution in [0.3, 0.4) is 0 Å². The Hall–Kier alpha value is -3.96. The molecule has 0 aliphatic rings. The van der Waals surface area contributed by atoms with E-state index >= 15 is 0 Å². The van der Waals surface area contributed by atoms with Gasteiger partial charge in [-0.05, 0) is 53.4 Å². The molecule has 3 aromatic rings. The van der Waals surface area contributed by atoms with Crippen LogP contribution in [0.2, 0.25) is 0 Å². The van der Waals surface area contributed by atoms with Crippen LogP contribution in [-0.4, -0.2) is 31.2 Å². The number of hydrogen-bond donors (Lipinski definition) is 3. The Kier molecular flexibility index (Phi) is 7.82. The van der Waals surface area contributed by atoms with Gasteiger partial charge in [0.05, 0.1) is 25.9 Å². The summed E-state index contributed by atoms with van der Waals surface area (Å²) in [5.41, 5.74) is -0.475. The number of nitrogens with one attached hydrogen (secondary N) is 2. The molecule has 2 atom stereocenters. The third-order valence-corrected chi connectivity index (χ3v) is 5.86. The molecule has 0 spiro atoms. The van der Waals surface area contributed by atoms with Crippen LogP contribution in [0.1, 0.15) is 17.2 Å². The van der Waals surface area contributed by atoms with Crippen LogP contribution in [-0.2, 0) is 19.9 Å². The number of carbonyl (C=O) groups is 2. The number of phenolic OH excluding ortho intramolecular Hbond substituents is 1. The van der Waals surface area contributed by atoms with Gasteiger partial charge in [0.15, 0.2) is 5.54 Å². The summed E-state index contributed by atoms with van der Waals surface area (Å²) in [5.74, 6) is 0.946. The van der Waals surface area contributed by atoms with E-state index in [1.165, 1.54) is 20.3 Å². The third-order valence-electron chi connectivity index (χ3n) is 5.33. The smallest absolute Gasteiger partial charge is 0.338 e. The number of amides is 1. The van der Waals surface area contributed by atoms with Crippen LogP contribution in [0.15, 0.2) is 77.3 Å². The largest absolute Gasteiger partial charge is 0.506 e. The van der Waals surface area contributed by atoms with E-state index in [2.05, 4.69) is 26.6 Å². The first kappa shape index (κ1) is 24.7. The molecule has 174 valence electrons. The van der Waals surface area contributed by atoms with Crippen LogP contribution in [0, 0.1) is 12.3 Å². The van der Waals surface area contributed by atoms with Gasteiger partial charge in [-0.15, -0.1) is 6.42 Å². The number of esters is 1. The predicted octanol–water partition coefficient (Wildman–Crippen LogP) is 4.13. The summed E-state index contributed by atoms with van der Waals surface area (Å²) in [5, 5.41) is 16.4. The number of para-hydroxylation sites is 2. The van der Waals surface area contributed by atoms with Gasteiger partial charge in [-0.3, -0.25) is 4.79 Å². The van der Waals surface area contributed by atoms with Crippen molar-refractivity contribution in [1.29, 1.82) is 0 Å². The summed E-state index contributed by atoms with van der Waals surface area (Å²) in [6, 6.07) is 19.4. The van der Waals surface area contributed by atoms with Gasteiger partial charge in [0.2, 0.25) is 0 Å². The van der Waals surface area contributed by atoms with E-state index in [1.807, 2.05) is 5.92 Å². The Morgan fingerprint density at radius 1 is 1.03 bits per heavy atom. The molecular formula is C26H23BrN2O5. The SMILES string of the molecule is C#CC(=O)N[C@@](C(=O)OC)(c1ccc(OC)cc1)[C@@H](Nc1ccccc1O)c1ccc(Br)cc1. The first-order valence-corrected chi connectivity index (χ1v) is 11.0. The first-order valence-electron chi connectivity index (χ1n) is 10.2. The molecule has 3 rings (SSSR count). The number of carbonyl (C=O) groups excluding carboxylic acids is 2. The molecule has 34 heavy (non-hydrogen) atoms. The zero-order valence-corrected chi connectivity index (χ0v) is 20.1. The van der Waals surface area contributed by atoms with E-state index in [1.54, 1.807) is 66.7 Å². The van der Waals surface area contributed by atoms with E-state index in [9.17, 15) is 14.7 Å². The molecule has 3 aromatic carbocycles. The lowest BCUT2D eigenvalue weighted by molar-refractivity contribution is -0.152. The van der Waals surface area contributed by atoms with Crippen molar-refractivity contribution >= 4 is 33.5 Å². The van der Waals surface area contributed by atoms with Gasteiger partial charge in [0, 0.05) is 4.47 Å². The van der Waals surface area contributed by atoms with E-state index in [0.717, 1.165) is 4.47 Å². The molecule has 0 aliphatic heterocycles. The fourth-order valence-corrected chi connectivity index (χ4v) is 3.94. The molecular weight excluding hydrogens is 500 g/mol. The zero-order chi connectivity index (χ0) is 24.7. The minimum Gasteiger partial charge on any atom is -0.506 e. The Balaban J connectivity index is 2.33. The number of methoxy groups -OCH3 is 2. The topological polar surface area (TPSA) is 96.9 Å². The van der Waals surface area contributed by atoms with Gasteiger partial charge in [0.1, 0.15) is 11.5 Å². The van der Waals surface area contributed by atoms with Crippen molar-refractivity contribution < 1.29 is 24.2 Å². The van der Waals surface area contributed by atoms with Gasteiger partial charge in [0.25, 0.3) is 5.91 Å². The molecule has 0 fully saturated rings. The summed E-state index contributed by atoms with van der Waals surface area (Å²) < 4.78 is 11.3. The highest BCUT2D eigenvalue weighted by Gasteiger charge is 2.51. The van der Waals surface area contributed by atoms with Crippen LogP contribution in [0.4, 0.5) is 5.69 Å². The highest BCUT2D eigenvalue weighted by molar-refractivity contribution is 9.10. The predicted molar refractivity (Wildman–Crippen MR) is 132 cm³/mol. The molecule has 7 nitrogen and oxygen atoms in total. The monoisotopic (exact) mass is 522 g/mol. The minimum atomic E-state index is -1.82. The van der Waals surface area contributed by atoms with Crippen LogP contribution in [0.25, 0.3) is 0 Å². The lowest BCUT2D eigenvalue weighted by Crippen LogP contribution is -2.58. The highest BCUT2D eigenvalue weighted by atomic mass is 79.9. The standard InChI is InChI=1S/C26H23BrN2O5/c1-4-23(31)29-26(25(32)34-3,18-11-15-20(33-2)16-12-18)24(17-9-13-19(27)14-10-17)28-21-7-5-6-8-22(21)30/h1,5-16,24,28,30H,2-3H3,(H,29,31)/t24-,26-/m0/s1. The number of ether oxygens (including phenoxy) is 2. The lowest BCUT2D eigenvalue weighted by atomic mass is 9.78. The highest BCUT2D eigenvalue weighted by Crippen LogP contribution is 2.41. The second kappa shape index (κ2) is 10.8. The summed E-state index contributed by atoms with van der Waals surface area (Å²) in [4.78, 5) is 26.1. The van der Waals surface area contributed by atoms with Gasteiger partial charge in [-0.25, -0.2) is 4.79 Å². The van der Waals surface area contributed by atoms with Crippen LogP contribution < -0.4 is 15.4 Å². The van der Waals surface area contributed by atoms with E-state index in [4.69, 9.17) is 15.9 Å². The first-order chi connectivity index (χ1) is 16.3. The number of rotatable bonds is 8. The van der Waals surface area contributed by atoms with Crippen molar-refractivity contribution in [3.05, 3.63) is 88.4 Å². The molecule has 0 saturated carbocycles. The Morgan fingerprint density at radius 2 is 1.68 bits per heavy atom. The molecule has 3 N–H and O–H groups in total. The molecule has 0 saturated heterocycles. The van der Waals surface area contributed by atoms with Crippen LogP contribution >= 0.6 is 15.9 Å². The maximum absolute atomic E-state index is 13.5. The van der Waals surface area contributed by atoms with Gasteiger partial charge in [-0.1, -0.05) is 52.3 Å². The van der Waals surface area contributed by atoms with E-state index < -0.39 is 23.5 Å². The lowest BCUT2D eigenvalue weighted by Gasteiger charge is -2.40. The van der Waals surface area contributed by atoms with Gasteiger partial charge in [-0.2, -0.15) is 0 Å². The number of halogens is 1. The number of phenols is 1.